The predicted molar refractivity (Wildman–Crippen MR) is 130 cm³/mol. The van der Waals surface area contributed by atoms with E-state index >= 15 is 0 Å². The van der Waals surface area contributed by atoms with Gasteiger partial charge in [0.15, 0.2) is 5.96 Å². The van der Waals surface area contributed by atoms with Crippen molar-refractivity contribution in [2.24, 2.45) is 10.9 Å². The minimum atomic E-state index is 0. The van der Waals surface area contributed by atoms with E-state index in [-0.39, 0.29) is 36.2 Å². The number of morpholine rings is 1. The van der Waals surface area contributed by atoms with Crippen LogP contribution >= 0.6 is 24.0 Å². The number of methoxy groups -OCH3 is 1. The summed E-state index contributed by atoms with van der Waals surface area (Å²) in [5.41, 5.74) is 1.19. The predicted octanol–water partition coefficient (Wildman–Crippen LogP) is 2.59. The maximum absolute atomic E-state index is 5.98. The van der Waals surface area contributed by atoms with Crippen LogP contribution in [0.5, 0.6) is 5.75 Å². The lowest BCUT2D eigenvalue weighted by Gasteiger charge is -2.37. The third-order valence-corrected chi connectivity index (χ3v) is 6.24. The number of para-hydroxylation sites is 2. The van der Waals surface area contributed by atoms with Crippen molar-refractivity contribution in [1.29, 1.82) is 0 Å². The van der Waals surface area contributed by atoms with Gasteiger partial charge < -0.3 is 29.3 Å². The Bertz CT molecular complexity index is 699. The van der Waals surface area contributed by atoms with Gasteiger partial charge in [-0.15, -0.1) is 24.0 Å². The zero-order valence-electron chi connectivity index (χ0n) is 18.1. The molecule has 3 aliphatic heterocycles. The van der Waals surface area contributed by atoms with E-state index in [1.165, 1.54) is 12.1 Å². The molecule has 3 saturated heterocycles. The van der Waals surface area contributed by atoms with Gasteiger partial charge in [0.2, 0.25) is 0 Å². The van der Waals surface area contributed by atoms with Crippen LogP contribution in [0.25, 0.3) is 0 Å². The largest absolute Gasteiger partial charge is 0.495 e. The van der Waals surface area contributed by atoms with Gasteiger partial charge in [0, 0.05) is 46.4 Å². The summed E-state index contributed by atoms with van der Waals surface area (Å²) in [4.78, 5) is 9.29. The second-order valence-electron chi connectivity index (χ2n) is 8.11. The molecule has 30 heavy (non-hydrogen) atoms. The van der Waals surface area contributed by atoms with Crippen molar-refractivity contribution in [3.8, 4) is 5.75 Å². The average molecular weight is 530 g/mol. The first-order valence-corrected chi connectivity index (χ1v) is 10.8. The third kappa shape index (κ3) is 5.50. The molecule has 8 heteroatoms. The first-order valence-electron chi connectivity index (χ1n) is 10.8. The highest BCUT2D eigenvalue weighted by molar-refractivity contribution is 14.0. The van der Waals surface area contributed by atoms with Crippen molar-refractivity contribution < 1.29 is 14.2 Å². The molecule has 3 fully saturated rings. The Morgan fingerprint density at radius 3 is 2.73 bits per heavy atom. The summed E-state index contributed by atoms with van der Waals surface area (Å²) in [6, 6.07) is 8.28. The lowest BCUT2D eigenvalue weighted by molar-refractivity contribution is -0.0817. The van der Waals surface area contributed by atoms with Crippen LogP contribution in [0.4, 0.5) is 5.69 Å². The SMILES string of the molecule is CN=C(NCC1CCN(c2ccccc2OC)C1)N1CCOC(C2CCCO2)C1.I. The molecule has 4 rings (SSSR count). The second kappa shape index (κ2) is 11.4. The molecule has 1 N–H and O–H groups in total. The fourth-order valence-corrected chi connectivity index (χ4v) is 4.67. The van der Waals surface area contributed by atoms with Crippen molar-refractivity contribution in [2.45, 2.75) is 31.5 Å². The molecule has 1 aromatic carbocycles. The summed E-state index contributed by atoms with van der Waals surface area (Å²) < 4.78 is 17.4. The number of guanidine groups is 1. The van der Waals surface area contributed by atoms with Crippen molar-refractivity contribution in [2.75, 3.05) is 65.0 Å². The lowest BCUT2D eigenvalue weighted by Crippen LogP contribution is -2.53. The Morgan fingerprint density at radius 1 is 1.13 bits per heavy atom. The van der Waals surface area contributed by atoms with Crippen LogP contribution in [-0.4, -0.2) is 83.2 Å². The molecular weight excluding hydrogens is 495 g/mol. The van der Waals surface area contributed by atoms with Crippen LogP contribution in [0, 0.1) is 5.92 Å². The number of aliphatic imine (C=N–C) groups is 1. The molecule has 0 aromatic heterocycles. The van der Waals surface area contributed by atoms with Crippen LogP contribution < -0.4 is 15.0 Å². The van der Waals surface area contributed by atoms with Crippen LogP contribution in [0.1, 0.15) is 19.3 Å². The van der Waals surface area contributed by atoms with E-state index in [0.29, 0.717) is 5.92 Å². The summed E-state index contributed by atoms with van der Waals surface area (Å²) in [7, 11) is 3.61. The van der Waals surface area contributed by atoms with Crippen molar-refractivity contribution in [1.82, 2.24) is 10.2 Å². The fourth-order valence-electron chi connectivity index (χ4n) is 4.67. The highest BCUT2D eigenvalue weighted by atomic mass is 127. The first-order chi connectivity index (χ1) is 14.3. The molecule has 3 unspecified atom stereocenters. The van der Waals surface area contributed by atoms with E-state index in [9.17, 15) is 0 Å². The molecule has 1 aromatic rings. The number of nitrogens with zero attached hydrogens (tertiary/aromatic N) is 3. The molecule has 3 heterocycles. The number of ether oxygens (including phenoxy) is 3. The molecule has 0 amide bonds. The Kier molecular flexibility index (Phi) is 8.88. The van der Waals surface area contributed by atoms with Gasteiger partial charge in [-0.25, -0.2) is 0 Å². The van der Waals surface area contributed by atoms with Crippen molar-refractivity contribution >= 4 is 35.6 Å². The number of anilines is 1. The normalized spacial score (nSPS) is 27.1. The Morgan fingerprint density at radius 2 is 1.97 bits per heavy atom. The monoisotopic (exact) mass is 530 g/mol. The molecule has 168 valence electrons. The minimum absolute atomic E-state index is 0. The van der Waals surface area contributed by atoms with E-state index in [0.717, 1.165) is 70.5 Å². The van der Waals surface area contributed by atoms with Gasteiger partial charge in [-0.2, -0.15) is 0 Å². The van der Waals surface area contributed by atoms with Crippen LogP contribution in [0.3, 0.4) is 0 Å². The Labute approximate surface area is 197 Å². The highest BCUT2D eigenvalue weighted by Gasteiger charge is 2.32. The van der Waals surface area contributed by atoms with Gasteiger partial charge in [0.25, 0.3) is 0 Å². The van der Waals surface area contributed by atoms with Gasteiger partial charge in [-0.05, 0) is 37.3 Å². The average Bonchev–Trinajstić information content (AvgIpc) is 3.47. The molecule has 0 aliphatic carbocycles. The topological polar surface area (TPSA) is 58.6 Å². The van der Waals surface area contributed by atoms with Gasteiger partial charge in [0.1, 0.15) is 11.9 Å². The molecule has 0 spiro atoms. The summed E-state index contributed by atoms with van der Waals surface area (Å²) in [6.45, 7) is 6.34. The summed E-state index contributed by atoms with van der Waals surface area (Å²) in [5.74, 6) is 2.52. The van der Waals surface area contributed by atoms with Gasteiger partial charge in [-0.3, -0.25) is 4.99 Å². The second-order valence-corrected chi connectivity index (χ2v) is 8.11. The maximum atomic E-state index is 5.98. The van der Waals surface area contributed by atoms with Gasteiger partial charge >= 0.3 is 0 Å². The smallest absolute Gasteiger partial charge is 0.193 e. The van der Waals surface area contributed by atoms with E-state index < -0.39 is 0 Å². The summed E-state index contributed by atoms with van der Waals surface area (Å²) >= 11 is 0. The van der Waals surface area contributed by atoms with E-state index in [1.807, 2.05) is 19.2 Å². The Hall–Kier alpha value is -1.26. The molecule has 0 bridgehead atoms. The quantitative estimate of drug-likeness (QED) is 0.359. The molecule has 7 nitrogen and oxygen atoms in total. The van der Waals surface area contributed by atoms with Gasteiger partial charge in [0.05, 0.1) is 25.5 Å². The van der Waals surface area contributed by atoms with Crippen LogP contribution in [-0.2, 0) is 9.47 Å². The number of benzene rings is 1. The third-order valence-electron chi connectivity index (χ3n) is 6.24. The fraction of sp³-hybridized carbons (Fsp3) is 0.682. The van der Waals surface area contributed by atoms with Crippen LogP contribution in [0.15, 0.2) is 29.3 Å². The molecule has 0 saturated carbocycles. The zero-order valence-corrected chi connectivity index (χ0v) is 20.4. The van der Waals surface area contributed by atoms with Gasteiger partial charge in [-0.1, -0.05) is 12.1 Å². The minimum Gasteiger partial charge on any atom is -0.495 e. The number of halogens is 1. The zero-order chi connectivity index (χ0) is 20.1. The molecule has 3 aliphatic rings. The number of hydrogen-bond acceptors (Lipinski definition) is 5. The highest BCUT2D eigenvalue weighted by Crippen LogP contribution is 2.31. The number of hydrogen-bond donors (Lipinski definition) is 1. The Balaban J connectivity index is 0.00000256. The molecule has 3 atom stereocenters. The molecule has 0 radical (unpaired) electrons. The van der Waals surface area contributed by atoms with E-state index in [1.54, 1.807) is 7.11 Å². The number of nitrogens with one attached hydrogen (secondary N) is 1. The number of rotatable bonds is 5. The summed E-state index contributed by atoms with van der Waals surface area (Å²) in [5, 5.41) is 3.61. The summed E-state index contributed by atoms with van der Waals surface area (Å²) in [6.07, 6.45) is 3.80. The first kappa shape index (κ1) is 23.4. The van der Waals surface area contributed by atoms with E-state index in [2.05, 4.69) is 32.2 Å². The van der Waals surface area contributed by atoms with Crippen molar-refractivity contribution in [3.63, 3.8) is 0 Å². The maximum Gasteiger partial charge on any atom is 0.193 e. The van der Waals surface area contributed by atoms with Crippen LogP contribution in [0.2, 0.25) is 0 Å². The molecular formula is C22H35IN4O3. The van der Waals surface area contributed by atoms with E-state index in [4.69, 9.17) is 14.2 Å². The lowest BCUT2D eigenvalue weighted by atomic mass is 10.1. The van der Waals surface area contributed by atoms with Crippen molar-refractivity contribution in [3.05, 3.63) is 24.3 Å². The standard InChI is InChI=1S/C22H34N4O3.HI/c1-23-22(26-11-13-29-21(16-26)20-8-5-12-28-20)24-14-17-9-10-25(15-17)18-6-3-4-7-19(18)27-2;/h3-4,6-7,17,20-21H,5,8-16H2,1-2H3,(H,23,24);1H.